The minimum absolute atomic E-state index is 0.00309. The van der Waals surface area contributed by atoms with Crippen LogP contribution in [0, 0.1) is 18.8 Å². The average Bonchev–Trinajstić information content (AvgIpc) is 3.16. The van der Waals surface area contributed by atoms with Gasteiger partial charge in [-0.05, 0) is 61.1 Å². The van der Waals surface area contributed by atoms with Crippen LogP contribution >= 0.6 is 23.2 Å². The molecule has 1 amide bonds. The second-order valence-electron chi connectivity index (χ2n) is 9.57. The van der Waals surface area contributed by atoms with E-state index in [9.17, 15) is 27.9 Å². The normalized spacial score (nSPS) is 15.8. The highest BCUT2D eigenvalue weighted by atomic mass is 35.5. The molecular weight excluding hydrogens is 530 g/mol. The monoisotopic (exact) mass is 555 g/mol. The molecule has 1 atom stereocenters. The Morgan fingerprint density at radius 3 is 2.43 bits per heavy atom. The molecule has 1 fully saturated rings. The lowest BCUT2D eigenvalue weighted by atomic mass is 9.85. The third-order valence-corrected chi connectivity index (χ3v) is 8.06. The van der Waals surface area contributed by atoms with Crippen LogP contribution in [0.15, 0.2) is 24.3 Å². The zero-order chi connectivity index (χ0) is 27.2. The number of amides is 1. The number of fused-ring (bicyclic) bond motifs is 1. The summed E-state index contributed by atoms with van der Waals surface area (Å²) in [6.07, 6.45) is -3.21. The molecule has 0 aliphatic carbocycles. The van der Waals surface area contributed by atoms with E-state index in [1.807, 2.05) is 0 Å². The maximum Gasteiger partial charge on any atom is 0.416 e. The standard InChI is InChI=1S/C26H26Cl2F3N3O3/c1-13-10-16(26(29,30)31)11-20-23(13)32-21(33(20)3)12-18-19(27)5-4-17(22(18)28)24(35)34-8-6-15(7-9-34)14(2)25(36)37/h4-5,10-11,14-15H,6-9,12H2,1-3H3,(H,36,37). The Balaban J connectivity index is 1.61. The lowest BCUT2D eigenvalue weighted by Crippen LogP contribution is -2.41. The number of nitrogens with zero attached hydrogens (tertiary/aromatic N) is 3. The molecule has 0 saturated carbocycles. The van der Waals surface area contributed by atoms with Crippen LogP contribution in [0.5, 0.6) is 0 Å². The van der Waals surface area contributed by atoms with Crippen molar-refractivity contribution in [3.8, 4) is 0 Å². The molecule has 1 saturated heterocycles. The Morgan fingerprint density at radius 1 is 1.19 bits per heavy atom. The Kier molecular flexibility index (Phi) is 7.50. The Hall–Kier alpha value is -2.78. The lowest BCUT2D eigenvalue weighted by molar-refractivity contribution is -0.143. The van der Waals surface area contributed by atoms with Gasteiger partial charge in [0.2, 0.25) is 0 Å². The summed E-state index contributed by atoms with van der Waals surface area (Å²) in [6, 6.07) is 5.26. The highest BCUT2D eigenvalue weighted by Crippen LogP contribution is 2.35. The number of carboxylic acid groups (broad SMARTS) is 1. The number of carboxylic acids is 1. The number of aliphatic carboxylic acids is 1. The van der Waals surface area contributed by atoms with Crippen molar-refractivity contribution >= 4 is 46.1 Å². The molecular formula is C26H26Cl2F3N3O3. The summed E-state index contributed by atoms with van der Waals surface area (Å²) in [5.41, 5.74) is 1.14. The highest BCUT2D eigenvalue weighted by molar-refractivity contribution is 6.38. The SMILES string of the molecule is Cc1cc(C(F)(F)F)cc2c1nc(Cc1c(Cl)ccc(C(=O)N3CCC(C(C)C(=O)O)CC3)c1Cl)n2C. The maximum atomic E-state index is 13.3. The number of hydrogen-bond donors (Lipinski definition) is 1. The van der Waals surface area contributed by atoms with Gasteiger partial charge in [0, 0.05) is 31.6 Å². The van der Waals surface area contributed by atoms with Gasteiger partial charge in [-0.2, -0.15) is 13.2 Å². The quantitative estimate of drug-likeness (QED) is 0.396. The second kappa shape index (κ2) is 10.2. The molecule has 1 aliphatic heterocycles. The van der Waals surface area contributed by atoms with Crippen LogP contribution in [0.4, 0.5) is 13.2 Å². The first-order valence-corrected chi connectivity index (χ1v) is 12.6. The second-order valence-corrected chi connectivity index (χ2v) is 10.4. The molecule has 6 nitrogen and oxygen atoms in total. The van der Waals surface area contributed by atoms with E-state index in [0.29, 0.717) is 58.9 Å². The summed E-state index contributed by atoms with van der Waals surface area (Å²) in [5, 5.41) is 9.74. The number of carbonyl (C=O) groups is 2. The van der Waals surface area contributed by atoms with Crippen LogP contribution in [0.25, 0.3) is 11.0 Å². The van der Waals surface area contributed by atoms with Crippen molar-refractivity contribution in [3.63, 3.8) is 0 Å². The molecule has 1 aromatic heterocycles. The van der Waals surface area contributed by atoms with Crippen LogP contribution in [0.3, 0.4) is 0 Å². The van der Waals surface area contributed by atoms with Gasteiger partial charge in [0.1, 0.15) is 5.82 Å². The van der Waals surface area contributed by atoms with Gasteiger partial charge in [-0.15, -0.1) is 0 Å². The first-order chi connectivity index (χ1) is 17.3. The van der Waals surface area contributed by atoms with Gasteiger partial charge in [0.25, 0.3) is 5.91 Å². The van der Waals surface area contributed by atoms with Gasteiger partial charge in [-0.1, -0.05) is 30.1 Å². The third kappa shape index (κ3) is 5.29. The van der Waals surface area contributed by atoms with Crippen LogP contribution in [0.1, 0.15) is 52.6 Å². The summed E-state index contributed by atoms with van der Waals surface area (Å²) < 4.78 is 41.6. The van der Waals surface area contributed by atoms with Crippen molar-refractivity contribution in [2.24, 2.45) is 18.9 Å². The summed E-state index contributed by atoms with van der Waals surface area (Å²) in [6.45, 7) is 4.09. The van der Waals surface area contributed by atoms with Gasteiger partial charge in [0.15, 0.2) is 0 Å². The molecule has 1 aliphatic rings. The summed E-state index contributed by atoms with van der Waals surface area (Å²) in [5.74, 6) is -1.15. The summed E-state index contributed by atoms with van der Waals surface area (Å²) >= 11 is 13.1. The Labute approximate surface area is 222 Å². The molecule has 2 aromatic carbocycles. The number of carbonyl (C=O) groups excluding carboxylic acids is 1. The number of rotatable bonds is 5. The number of alkyl halides is 3. The van der Waals surface area contributed by atoms with E-state index in [2.05, 4.69) is 4.98 Å². The Morgan fingerprint density at radius 2 is 1.84 bits per heavy atom. The largest absolute Gasteiger partial charge is 0.481 e. The van der Waals surface area contributed by atoms with Crippen molar-refractivity contribution in [3.05, 3.63) is 62.4 Å². The van der Waals surface area contributed by atoms with Crippen molar-refractivity contribution in [1.29, 1.82) is 0 Å². The van der Waals surface area contributed by atoms with Crippen LogP contribution in [0.2, 0.25) is 10.0 Å². The van der Waals surface area contributed by atoms with Crippen molar-refractivity contribution in [1.82, 2.24) is 14.5 Å². The van der Waals surface area contributed by atoms with Crippen LogP contribution in [-0.4, -0.2) is 44.5 Å². The number of halogens is 5. The smallest absolute Gasteiger partial charge is 0.416 e. The topological polar surface area (TPSA) is 75.4 Å². The first-order valence-electron chi connectivity index (χ1n) is 11.8. The minimum atomic E-state index is -4.48. The van der Waals surface area contributed by atoms with Crippen LogP contribution in [-0.2, 0) is 24.4 Å². The van der Waals surface area contributed by atoms with Crippen molar-refractivity contribution in [2.75, 3.05) is 13.1 Å². The fourth-order valence-electron chi connectivity index (χ4n) is 4.88. The van der Waals surface area contributed by atoms with Crippen molar-refractivity contribution in [2.45, 2.75) is 39.3 Å². The molecule has 11 heteroatoms. The van der Waals surface area contributed by atoms with Crippen LogP contribution < -0.4 is 0 Å². The van der Waals surface area contributed by atoms with E-state index in [4.69, 9.17) is 23.2 Å². The molecule has 198 valence electrons. The number of aromatic nitrogens is 2. The summed E-state index contributed by atoms with van der Waals surface area (Å²) in [7, 11) is 1.63. The van der Waals surface area contributed by atoms with Gasteiger partial charge >= 0.3 is 12.1 Å². The molecule has 1 N–H and O–H groups in total. The molecule has 0 spiro atoms. The van der Waals surface area contributed by atoms with E-state index in [1.165, 1.54) is 0 Å². The predicted octanol–water partition coefficient (Wildman–Crippen LogP) is 6.37. The van der Waals surface area contributed by atoms with E-state index < -0.39 is 23.6 Å². The molecule has 0 bridgehead atoms. The predicted molar refractivity (Wildman–Crippen MR) is 135 cm³/mol. The number of benzene rings is 2. The fraction of sp³-hybridized carbons (Fsp3) is 0.423. The summed E-state index contributed by atoms with van der Waals surface area (Å²) in [4.78, 5) is 30.8. The number of imidazole rings is 1. The van der Waals surface area contributed by atoms with E-state index in [1.54, 1.807) is 42.5 Å². The molecule has 4 rings (SSSR count). The van der Waals surface area contributed by atoms with E-state index in [0.717, 1.165) is 12.1 Å². The van der Waals surface area contributed by atoms with Gasteiger partial charge in [-0.25, -0.2) is 4.98 Å². The molecule has 0 radical (unpaired) electrons. The number of aryl methyl sites for hydroxylation is 2. The molecule has 3 aromatic rings. The fourth-order valence-corrected chi connectivity index (χ4v) is 5.47. The highest BCUT2D eigenvalue weighted by Gasteiger charge is 2.33. The van der Waals surface area contributed by atoms with Gasteiger partial charge in [-0.3, -0.25) is 9.59 Å². The number of likely N-dealkylation sites (tertiary alicyclic amines) is 1. The zero-order valence-electron chi connectivity index (χ0n) is 20.5. The van der Waals surface area contributed by atoms with Crippen molar-refractivity contribution < 1.29 is 27.9 Å². The Bertz CT molecular complexity index is 1380. The van der Waals surface area contributed by atoms with E-state index >= 15 is 0 Å². The number of hydrogen-bond acceptors (Lipinski definition) is 3. The average molecular weight is 556 g/mol. The minimum Gasteiger partial charge on any atom is -0.481 e. The lowest BCUT2D eigenvalue weighted by Gasteiger charge is -2.34. The molecule has 1 unspecified atom stereocenters. The first kappa shape index (κ1) is 27.3. The zero-order valence-corrected chi connectivity index (χ0v) is 22.0. The van der Waals surface area contributed by atoms with E-state index in [-0.39, 0.29) is 28.8 Å². The van der Waals surface area contributed by atoms with Gasteiger partial charge < -0.3 is 14.6 Å². The number of piperidine rings is 1. The molecule has 2 heterocycles. The van der Waals surface area contributed by atoms with Gasteiger partial charge in [0.05, 0.1) is 33.1 Å². The molecule has 37 heavy (non-hydrogen) atoms. The maximum absolute atomic E-state index is 13.3. The third-order valence-electron chi connectivity index (χ3n) is 7.27.